The molecule has 0 unspecified atom stereocenters. The Labute approximate surface area is 178 Å². The molecule has 2 atom stereocenters. The second-order valence-corrected chi connectivity index (χ2v) is 9.12. The molecule has 3 N–H and O–H groups in total. The number of amides is 1. The quantitative estimate of drug-likeness (QED) is 0.466. The Bertz CT molecular complexity index is 1050. The lowest BCUT2D eigenvalue weighted by molar-refractivity contribution is -0.0597. The molecule has 1 heterocycles. The smallest absolute Gasteiger partial charge is 0.470 e. The number of phosphoric ester groups is 1. The number of ether oxygens (including phenoxy) is 1. The second-order valence-electron chi connectivity index (χ2n) is 7.49. The Hall–Kier alpha value is -2.22. The van der Waals surface area contributed by atoms with E-state index in [4.69, 9.17) is 20.9 Å². The third-order valence-electron chi connectivity index (χ3n) is 4.74. The van der Waals surface area contributed by atoms with Gasteiger partial charge in [-0.25, -0.2) is 4.57 Å². The molecule has 0 radical (unpaired) electrons. The van der Waals surface area contributed by atoms with E-state index in [1.165, 1.54) is 19.1 Å². The third-order valence-corrected chi connectivity index (χ3v) is 5.47. The van der Waals surface area contributed by atoms with Crippen molar-refractivity contribution in [1.29, 1.82) is 0 Å². The molecule has 0 saturated carbocycles. The number of rotatable bonds is 5. The van der Waals surface area contributed by atoms with Gasteiger partial charge in [-0.1, -0.05) is 17.7 Å². The number of carbonyl (C=O) groups is 2. The Balaban J connectivity index is 2.09. The van der Waals surface area contributed by atoms with Crippen LogP contribution < -0.4 is 10.1 Å². The number of Topliss-reactive ketones (excluding diaryl/α,β-unsaturated/α-hetero) is 1. The number of ketones is 1. The monoisotopic (exact) mass is 453 g/mol. The summed E-state index contributed by atoms with van der Waals surface area (Å²) in [6, 6.07) is 9.91. The topological polar surface area (TPSA) is 122 Å². The molecule has 30 heavy (non-hydrogen) atoms. The zero-order valence-corrected chi connectivity index (χ0v) is 18.1. The highest BCUT2D eigenvalue weighted by Gasteiger charge is 2.48. The number of carbonyl (C=O) groups excluding carboxylic acids is 2. The Morgan fingerprint density at radius 3 is 2.47 bits per heavy atom. The van der Waals surface area contributed by atoms with Crippen LogP contribution >= 0.6 is 19.4 Å². The van der Waals surface area contributed by atoms with E-state index < -0.39 is 31.5 Å². The van der Waals surface area contributed by atoms with Crippen LogP contribution in [0.3, 0.4) is 0 Å². The number of fused-ring (bicyclic) bond motifs is 1. The fourth-order valence-electron chi connectivity index (χ4n) is 3.35. The van der Waals surface area contributed by atoms with E-state index in [2.05, 4.69) is 5.32 Å². The van der Waals surface area contributed by atoms with Crippen molar-refractivity contribution in [3.05, 3.63) is 64.2 Å². The van der Waals surface area contributed by atoms with Crippen molar-refractivity contribution in [1.82, 2.24) is 5.32 Å². The lowest BCUT2D eigenvalue weighted by Crippen LogP contribution is -2.54. The maximum absolute atomic E-state index is 12.9. The fraction of sp³-hybridized carbons (Fsp3) is 0.300. The van der Waals surface area contributed by atoms with Crippen molar-refractivity contribution in [2.75, 3.05) is 0 Å². The van der Waals surface area contributed by atoms with Crippen molar-refractivity contribution < 1.29 is 33.2 Å². The minimum Gasteiger partial charge on any atom is -0.485 e. The third kappa shape index (κ3) is 4.91. The fourth-order valence-corrected chi connectivity index (χ4v) is 4.21. The number of hydrogen-bond acceptors (Lipinski definition) is 5. The molecule has 0 aliphatic carbocycles. The molecule has 0 aromatic heterocycles. The summed E-state index contributed by atoms with van der Waals surface area (Å²) < 4.78 is 22.6. The van der Waals surface area contributed by atoms with Crippen molar-refractivity contribution in [2.45, 2.75) is 38.5 Å². The lowest BCUT2D eigenvalue weighted by atomic mass is 9.85. The normalized spacial score (nSPS) is 20.1. The minimum atomic E-state index is -4.94. The summed E-state index contributed by atoms with van der Waals surface area (Å²) in [5.41, 5.74) is -0.228. The van der Waals surface area contributed by atoms with Crippen molar-refractivity contribution in [2.24, 2.45) is 0 Å². The molecular formula is C20H21ClNO7P. The van der Waals surface area contributed by atoms with Crippen LogP contribution in [-0.2, 0) is 9.09 Å². The van der Waals surface area contributed by atoms with Crippen LogP contribution in [0.15, 0.2) is 42.5 Å². The van der Waals surface area contributed by atoms with Gasteiger partial charge in [0.2, 0.25) is 0 Å². The number of halogens is 1. The summed E-state index contributed by atoms with van der Waals surface area (Å²) in [6.45, 7) is 4.57. The van der Waals surface area contributed by atoms with E-state index in [9.17, 15) is 23.9 Å². The molecule has 1 amide bonds. The highest BCUT2D eigenvalue weighted by Crippen LogP contribution is 2.48. The molecule has 1 aliphatic rings. The van der Waals surface area contributed by atoms with Crippen LogP contribution in [-0.4, -0.2) is 33.2 Å². The number of hydrogen-bond donors (Lipinski definition) is 3. The van der Waals surface area contributed by atoms with E-state index in [-0.39, 0.29) is 11.3 Å². The minimum absolute atomic E-state index is 0.213. The molecule has 1 aliphatic heterocycles. The van der Waals surface area contributed by atoms with Gasteiger partial charge in [0.05, 0.1) is 6.04 Å². The average Bonchev–Trinajstić information content (AvgIpc) is 2.62. The van der Waals surface area contributed by atoms with Gasteiger partial charge in [0, 0.05) is 21.7 Å². The number of nitrogens with one attached hydrogen (secondary N) is 1. The summed E-state index contributed by atoms with van der Waals surface area (Å²) in [7, 11) is -4.94. The average molecular weight is 454 g/mol. The van der Waals surface area contributed by atoms with E-state index in [1.54, 1.807) is 44.2 Å². The molecular weight excluding hydrogens is 433 g/mol. The molecule has 10 heteroatoms. The SMILES string of the molecule is CC(=O)c1ccc2c(c1)[C@@H](NC(=O)c1cccc(Cl)c1)[C@H](OP(=O)(O)O)C(C)(C)O2. The molecule has 0 bridgehead atoms. The second kappa shape index (κ2) is 8.13. The molecule has 0 fully saturated rings. The van der Waals surface area contributed by atoms with E-state index in [1.807, 2.05) is 0 Å². The van der Waals surface area contributed by atoms with Crippen molar-refractivity contribution >= 4 is 31.1 Å². The molecule has 0 spiro atoms. The van der Waals surface area contributed by atoms with Gasteiger partial charge in [-0.05, 0) is 57.2 Å². The first-order valence-corrected chi connectivity index (χ1v) is 10.9. The van der Waals surface area contributed by atoms with Crippen molar-refractivity contribution in [3.63, 3.8) is 0 Å². The standard InChI is InChI=1S/C20H21ClNO7P/c1-11(23)12-7-8-16-15(10-12)17(18(20(2,3)28-16)29-30(25,26)27)22-19(24)13-5-4-6-14(21)9-13/h4-10,17-18H,1-3H3,(H,22,24)(H2,25,26,27)/t17-,18+/m1/s1. The summed E-state index contributed by atoms with van der Waals surface area (Å²) in [6.07, 6.45) is -1.25. The van der Waals surface area contributed by atoms with Crippen LogP contribution in [0.5, 0.6) is 5.75 Å². The van der Waals surface area contributed by atoms with Gasteiger partial charge in [0.25, 0.3) is 5.91 Å². The molecule has 3 rings (SSSR count). The first-order valence-electron chi connectivity index (χ1n) is 9.02. The van der Waals surface area contributed by atoms with Crippen molar-refractivity contribution in [3.8, 4) is 5.75 Å². The van der Waals surface area contributed by atoms with Crippen LogP contribution in [0.2, 0.25) is 5.02 Å². The van der Waals surface area contributed by atoms with Gasteiger partial charge < -0.3 is 19.8 Å². The summed E-state index contributed by atoms with van der Waals surface area (Å²) in [5.74, 6) is -0.374. The van der Waals surface area contributed by atoms with Crippen LogP contribution in [0.25, 0.3) is 0 Å². The van der Waals surface area contributed by atoms with Gasteiger partial charge in [-0.2, -0.15) is 0 Å². The van der Waals surface area contributed by atoms with E-state index >= 15 is 0 Å². The first-order chi connectivity index (χ1) is 13.9. The maximum atomic E-state index is 12.9. The zero-order valence-electron chi connectivity index (χ0n) is 16.5. The molecule has 8 nitrogen and oxygen atoms in total. The molecule has 0 saturated heterocycles. The summed E-state index contributed by atoms with van der Waals surface area (Å²) in [5, 5.41) is 3.11. The van der Waals surface area contributed by atoms with Crippen LogP contribution in [0.1, 0.15) is 53.1 Å². The van der Waals surface area contributed by atoms with Gasteiger partial charge >= 0.3 is 7.82 Å². The van der Waals surface area contributed by atoms with Gasteiger partial charge in [-0.15, -0.1) is 0 Å². The Kier molecular flexibility index (Phi) is 6.09. The highest BCUT2D eigenvalue weighted by molar-refractivity contribution is 7.46. The number of benzene rings is 2. The predicted octanol–water partition coefficient (Wildman–Crippen LogP) is 3.66. The predicted molar refractivity (Wildman–Crippen MR) is 110 cm³/mol. The Morgan fingerprint density at radius 2 is 1.87 bits per heavy atom. The number of phosphoric acid groups is 1. The first kappa shape index (κ1) is 22.5. The lowest BCUT2D eigenvalue weighted by Gasteiger charge is -2.44. The zero-order chi connectivity index (χ0) is 22.3. The molecule has 160 valence electrons. The highest BCUT2D eigenvalue weighted by atomic mass is 35.5. The van der Waals surface area contributed by atoms with E-state index in [0.29, 0.717) is 21.9 Å². The van der Waals surface area contributed by atoms with E-state index in [0.717, 1.165) is 0 Å². The van der Waals surface area contributed by atoms with Gasteiger partial charge in [0.1, 0.15) is 17.5 Å². The van der Waals surface area contributed by atoms with Gasteiger partial charge in [0.15, 0.2) is 5.78 Å². The molecule has 2 aromatic rings. The maximum Gasteiger partial charge on any atom is 0.470 e. The van der Waals surface area contributed by atoms with Crippen LogP contribution in [0, 0.1) is 0 Å². The Morgan fingerprint density at radius 1 is 1.17 bits per heavy atom. The summed E-state index contributed by atoms with van der Waals surface area (Å²) >= 11 is 5.96. The molecule has 2 aromatic carbocycles. The van der Waals surface area contributed by atoms with Gasteiger partial charge in [-0.3, -0.25) is 14.1 Å². The largest absolute Gasteiger partial charge is 0.485 e. The summed E-state index contributed by atoms with van der Waals surface area (Å²) in [4.78, 5) is 43.6. The van der Waals surface area contributed by atoms with Crippen LogP contribution in [0.4, 0.5) is 0 Å².